The number of nitrogens with one attached hydrogen (secondary N) is 1. The largest absolute Gasteiger partial charge is 0.339 e. The molecule has 2 rings (SSSR count). The van der Waals surface area contributed by atoms with Gasteiger partial charge >= 0.3 is 0 Å². The highest BCUT2D eigenvalue weighted by Crippen LogP contribution is 2.24. The van der Waals surface area contributed by atoms with Crippen LogP contribution in [0.25, 0.3) is 0 Å². The van der Waals surface area contributed by atoms with Gasteiger partial charge in [0, 0.05) is 24.3 Å². The van der Waals surface area contributed by atoms with Gasteiger partial charge in [-0.05, 0) is 31.0 Å². The van der Waals surface area contributed by atoms with Gasteiger partial charge in [-0.15, -0.1) is 0 Å². The predicted octanol–water partition coefficient (Wildman–Crippen LogP) is 2.05. The monoisotopic (exact) mass is 246 g/mol. The second kappa shape index (κ2) is 5.21. The smallest absolute Gasteiger partial charge is 0.253 e. The lowest BCUT2D eigenvalue weighted by Crippen LogP contribution is -2.31. The van der Waals surface area contributed by atoms with Gasteiger partial charge in [0.05, 0.1) is 6.42 Å². The van der Waals surface area contributed by atoms with E-state index < -0.39 is 0 Å². The summed E-state index contributed by atoms with van der Waals surface area (Å²) in [5.41, 5.74) is 2.39. The molecular formula is C14H18N2O2. The summed E-state index contributed by atoms with van der Waals surface area (Å²) in [4.78, 5) is 25.3. The van der Waals surface area contributed by atoms with E-state index in [2.05, 4.69) is 12.2 Å². The second-order valence-corrected chi connectivity index (χ2v) is 4.48. The van der Waals surface area contributed by atoms with Crippen LogP contribution in [0.1, 0.15) is 36.2 Å². The Hall–Kier alpha value is -1.84. The zero-order valence-electron chi connectivity index (χ0n) is 10.8. The number of carbonyl (C=O) groups is 2. The van der Waals surface area contributed by atoms with E-state index in [1.807, 2.05) is 17.9 Å². The van der Waals surface area contributed by atoms with Crippen LogP contribution in [0.2, 0.25) is 0 Å². The molecule has 1 heterocycles. The van der Waals surface area contributed by atoms with Crippen molar-refractivity contribution in [3.63, 3.8) is 0 Å². The first-order valence-corrected chi connectivity index (χ1v) is 6.37. The molecule has 0 unspecified atom stereocenters. The molecule has 0 radical (unpaired) electrons. The van der Waals surface area contributed by atoms with Gasteiger partial charge in [-0.3, -0.25) is 9.59 Å². The average Bonchev–Trinajstić information content (AvgIpc) is 2.74. The van der Waals surface area contributed by atoms with Gasteiger partial charge in [0.1, 0.15) is 0 Å². The molecule has 0 saturated heterocycles. The third kappa shape index (κ3) is 2.37. The van der Waals surface area contributed by atoms with Gasteiger partial charge in [-0.1, -0.05) is 13.0 Å². The van der Waals surface area contributed by atoms with Crippen molar-refractivity contribution in [3.05, 3.63) is 29.3 Å². The summed E-state index contributed by atoms with van der Waals surface area (Å²) in [6.45, 7) is 5.50. The van der Waals surface area contributed by atoms with Crippen LogP contribution in [0.5, 0.6) is 0 Å². The molecule has 1 aromatic carbocycles. The van der Waals surface area contributed by atoms with E-state index in [-0.39, 0.29) is 11.8 Å². The molecule has 0 bridgehead atoms. The highest BCUT2D eigenvalue weighted by molar-refractivity contribution is 6.02. The van der Waals surface area contributed by atoms with Crippen molar-refractivity contribution in [2.24, 2.45) is 0 Å². The van der Waals surface area contributed by atoms with Crippen molar-refractivity contribution in [1.82, 2.24) is 4.90 Å². The van der Waals surface area contributed by atoms with Gasteiger partial charge in [0.15, 0.2) is 0 Å². The Bertz CT molecular complexity index is 483. The summed E-state index contributed by atoms with van der Waals surface area (Å²) in [6.07, 6.45) is 1.36. The Labute approximate surface area is 107 Å². The molecule has 1 aliphatic rings. The summed E-state index contributed by atoms with van der Waals surface area (Å²) in [7, 11) is 0. The van der Waals surface area contributed by atoms with E-state index in [1.165, 1.54) is 0 Å². The quantitative estimate of drug-likeness (QED) is 0.884. The van der Waals surface area contributed by atoms with Crippen LogP contribution in [0.4, 0.5) is 5.69 Å². The molecule has 96 valence electrons. The molecule has 0 aliphatic carbocycles. The summed E-state index contributed by atoms with van der Waals surface area (Å²) >= 11 is 0. The lowest BCUT2D eigenvalue weighted by molar-refractivity contribution is -0.115. The van der Waals surface area contributed by atoms with Crippen molar-refractivity contribution in [1.29, 1.82) is 0 Å². The van der Waals surface area contributed by atoms with Crippen molar-refractivity contribution >= 4 is 17.5 Å². The van der Waals surface area contributed by atoms with Crippen LogP contribution in [-0.4, -0.2) is 29.8 Å². The maximum atomic E-state index is 12.3. The number of hydrogen-bond donors (Lipinski definition) is 1. The first kappa shape index (κ1) is 12.6. The lowest BCUT2D eigenvalue weighted by atomic mass is 10.1. The van der Waals surface area contributed by atoms with Gasteiger partial charge in [0.25, 0.3) is 5.91 Å². The van der Waals surface area contributed by atoms with Gasteiger partial charge < -0.3 is 10.2 Å². The van der Waals surface area contributed by atoms with E-state index in [0.717, 1.165) is 24.2 Å². The van der Waals surface area contributed by atoms with Crippen LogP contribution in [0.3, 0.4) is 0 Å². The van der Waals surface area contributed by atoms with Crippen LogP contribution < -0.4 is 5.32 Å². The molecule has 4 heteroatoms. The van der Waals surface area contributed by atoms with E-state index >= 15 is 0 Å². The normalized spacial score (nSPS) is 13.1. The van der Waals surface area contributed by atoms with Crippen LogP contribution in [0.15, 0.2) is 18.2 Å². The fourth-order valence-electron chi connectivity index (χ4n) is 2.20. The van der Waals surface area contributed by atoms with Crippen LogP contribution in [0, 0.1) is 0 Å². The number of anilines is 1. The highest BCUT2D eigenvalue weighted by Gasteiger charge is 2.20. The summed E-state index contributed by atoms with van der Waals surface area (Å²) in [5, 5.41) is 2.77. The second-order valence-electron chi connectivity index (χ2n) is 4.48. The third-order valence-electron chi connectivity index (χ3n) is 3.14. The summed E-state index contributed by atoms with van der Waals surface area (Å²) in [6, 6.07) is 5.45. The number of carbonyl (C=O) groups excluding carboxylic acids is 2. The first-order chi connectivity index (χ1) is 8.65. The minimum Gasteiger partial charge on any atom is -0.339 e. The number of nitrogens with zero attached hydrogens (tertiary/aromatic N) is 1. The molecule has 0 atom stereocenters. The molecule has 2 amide bonds. The first-order valence-electron chi connectivity index (χ1n) is 6.37. The van der Waals surface area contributed by atoms with Crippen molar-refractivity contribution < 1.29 is 9.59 Å². The minimum atomic E-state index is -0.00416. The average molecular weight is 246 g/mol. The van der Waals surface area contributed by atoms with Crippen molar-refractivity contribution in [2.75, 3.05) is 18.4 Å². The molecule has 1 aliphatic heterocycles. The van der Waals surface area contributed by atoms with Crippen LogP contribution in [-0.2, 0) is 11.2 Å². The number of rotatable bonds is 4. The predicted molar refractivity (Wildman–Crippen MR) is 70.6 cm³/mol. The van der Waals surface area contributed by atoms with Gasteiger partial charge in [-0.2, -0.15) is 0 Å². The van der Waals surface area contributed by atoms with E-state index in [0.29, 0.717) is 18.5 Å². The molecule has 0 saturated carbocycles. The fourth-order valence-corrected chi connectivity index (χ4v) is 2.20. The zero-order valence-corrected chi connectivity index (χ0v) is 10.8. The molecule has 0 aromatic heterocycles. The Morgan fingerprint density at radius 1 is 1.39 bits per heavy atom. The standard InChI is InChI=1S/C14H18N2O2/c1-3-7-16(4-2)14(18)11-6-5-10-9-13(17)15-12(10)8-11/h5-6,8H,3-4,7,9H2,1-2H3,(H,15,17). The fraction of sp³-hybridized carbons (Fsp3) is 0.429. The molecule has 0 spiro atoms. The zero-order chi connectivity index (χ0) is 13.1. The van der Waals surface area contributed by atoms with Crippen LogP contribution >= 0.6 is 0 Å². The maximum absolute atomic E-state index is 12.3. The number of benzene rings is 1. The Kier molecular flexibility index (Phi) is 3.65. The number of fused-ring (bicyclic) bond motifs is 1. The van der Waals surface area contributed by atoms with E-state index in [1.54, 1.807) is 12.1 Å². The molecule has 0 fully saturated rings. The Morgan fingerprint density at radius 2 is 2.17 bits per heavy atom. The topological polar surface area (TPSA) is 49.4 Å². The third-order valence-corrected chi connectivity index (χ3v) is 3.14. The SMILES string of the molecule is CCCN(CC)C(=O)c1ccc2c(c1)NC(=O)C2. The maximum Gasteiger partial charge on any atom is 0.253 e. The molecule has 1 aromatic rings. The van der Waals surface area contributed by atoms with E-state index in [9.17, 15) is 9.59 Å². The molecular weight excluding hydrogens is 228 g/mol. The van der Waals surface area contributed by atoms with Crippen molar-refractivity contribution in [3.8, 4) is 0 Å². The summed E-state index contributed by atoms with van der Waals surface area (Å²) < 4.78 is 0. The van der Waals surface area contributed by atoms with E-state index in [4.69, 9.17) is 0 Å². The highest BCUT2D eigenvalue weighted by atomic mass is 16.2. The number of amides is 2. The molecule has 18 heavy (non-hydrogen) atoms. The molecule has 4 nitrogen and oxygen atoms in total. The Balaban J connectivity index is 2.22. The lowest BCUT2D eigenvalue weighted by Gasteiger charge is -2.20. The Morgan fingerprint density at radius 3 is 2.83 bits per heavy atom. The van der Waals surface area contributed by atoms with Crippen molar-refractivity contribution in [2.45, 2.75) is 26.7 Å². The van der Waals surface area contributed by atoms with Gasteiger partial charge in [-0.25, -0.2) is 0 Å². The minimum absolute atomic E-state index is 0.00416. The number of hydrogen-bond acceptors (Lipinski definition) is 2. The summed E-state index contributed by atoms with van der Waals surface area (Å²) in [5.74, 6) is 0.0267. The van der Waals surface area contributed by atoms with Gasteiger partial charge in [0.2, 0.25) is 5.91 Å². The molecule has 1 N–H and O–H groups in total.